The Morgan fingerprint density at radius 1 is 1.25 bits per heavy atom. The number of phenols is 1. The summed E-state index contributed by atoms with van der Waals surface area (Å²) in [4.78, 5) is 0. The first-order valence-corrected chi connectivity index (χ1v) is 7.83. The first-order chi connectivity index (χ1) is 9.73. The predicted molar refractivity (Wildman–Crippen MR) is 86.7 cm³/mol. The van der Waals surface area contributed by atoms with E-state index in [-0.39, 0.29) is 5.41 Å². The van der Waals surface area contributed by atoms with Gasteiger partial charge in [0.05, 0.1) is 0 Å². The number of para-hydroxylation sites is 1. The number of allylic oxidation sites excluding steroid dienone is 3. The summed E-state index contributed by atoms with van der Waals surface area (Å²) in [7, 11) is 0. The lowest BCUT2D eigenvalue weighted by atomic mass is 9.65. The summed E-state index contributed by atoms with van der Waals surface area (Å²) in [6, 6.07) is 7.76. The zero-order valence-corrected chi connectivity index (χ0v) is 12.6. The van der Waals surface area contributed by atoms with Gasteiger partial charge in [0.25, 0.3) is 0 Å². The Labute approximate surface area is 123 Å². The Morgan fingerprint density at radius 2 is 1.95 bits per heavy atom. The second-order valence-corrected chi connectivity index (χ2v) is 5.88. The summed E-state index contributed by atoms with van der Waals surface area (Å²) in [6.07, 6.45) is 12.7. The van der Waals surface area contributed by atoms with Crippen LogP contribution < -0.4 is 0 Å². The van der Waals surface area contributed by atoms with Crippen LogP contribution in [0.25, 0.3) is 5.57 Å². The van der Waals surface area contributed by atoms with Gasteiger partial charge >= 0.3 is 0 Å². The summed E-state index contributed by atoms with van der Waals surface area (Å²) >= 11 is 0. The van der Waals surface area contributed by atoms with Gasteiger partial charge in [0.15, 0.2) is 0 Å². The average molecular weight is 270 g/mol. The van der Waals surface area contributed by atoms with Crippen LogP contribution in [0.3, 0.4) is 0 Å². The van der Waals surface area contributed by atoms with Gasteiger partial charge in [-0.1, -0.05) is 56.5 Å². The van der Waals surface area contributed by atoms with E-state index in [9.17, 15) is 5.11 Å². The normalized spacial score (nSPS) is 18.8. The SMILES string of the molecule is C=CCC1(/C(=C\CC)c2ccccc2O)CCCCC1. The molecule has 1 aliphatic rings. The van der Waals surface area contributed by atoms with Crippen LogP contribution in [-0.2, 0) is 0 Å². The minimum absolute atomic E-state index is 0.175. The van der Waals surface area contributed by atoms with E-state index in [1.165, 1.54) is 37.7 Å². The maximum Gasteiger partial charge on any atom is 0.123 e. The molecule has 0 amide bonds. The minimum Gasteiger partial charge on any atom is -0.507 e. The smallest absolute Gasteiger partial charge is 0.123 e. The Morgan fingerprint density at radius 3 is 2.55 bits per heavy atom. The van der Waals surface area contributed by atoms with E-state index in [0.717, 1.165) is 18.4 Å². The molecule has 2 rings (SSSR count). The first kappa shape index (κ1) is 14.9. The molecule has 0 unspecified atom stereocenters. The van der Waals surface area contributed by atoms with Gasteiger partial charge in [-0.05, 0) is 42.7 Å². The molecule has 1 aromatic carbocycles. The van der Waals surface area contributed by atoms with E-state index in [4.69, 9.17) is 0 Å². The molecule has 1 fully saturated rings. The van der Waals surface area contributed by atoms with E-state index in [1.807, 2.05) is 12.1 Å². The largest absolute Gasteiger partial charge is 0.507 e. The van der Waals surface area contributed by atoms with Crippen molar-refractivity contribution in [2.45, 2.75) is 51.9 Å². The summed E-state index contributed by atoms with van der Waals surface area (Å²) in [5, 5.41) is 10.3. The van der Waals surface area contributed by atoms with Crippen LogP contribution in [0.2, 0.25) is 0 Å². The van der Waals surface area contributed by atoms with Crippen molar-refractivity contribution in [1.29, 1.82) is 0 Å². The molecule has 1 nitrogen and oxygen atoms in total. The average Bonchev–Trinajstić information content (AvgIpc) is 2.47. The van der Waals surface area contributed by atoms with Crippen molar-refractivity contribution >= 4 is 5.57 Å². The molecule has 0 spiro atoms. The van der Waals surface area contributed by atoms with Gasteiger partial charge < -0.3 is 5.11 Å². The van der Waals surface area contributed by atoms with Crippen LogP contribution in [0.4, 0.5) is 0 Å². The Bertz CT molecular complexity index is 478. The maximum atomic E-state index is 10.3. The fourth-order valence-electron chi connectivity index (χ4n) is 3.61. The second-order valence-electron chi connectivity index (χ2n) is 5.88. The first-order valence-electron chi connectivity index (χ1n) is 7.83. The highest BCUT2D eigenvalue weighted by molar-refractivity contribution is 5.74. The van der Waals surface area contributed by atoms with Crippen molar-refractivity contribution in [2.75, 3.05) is 0 Å². The lowest BCUT2D eigenvalue weighted by molar-refractivity contribution is 0.272. The standard InChI is InChI=1S/C19H26O/c1-3-10-17(16-11-6-7-12-18(16)20)19(13-4-2)14-8-5-9-15-19/h4,6-7,10-12,20H,2-3,5,8-9,13-15H2,1H3/b17-10-. The van der Waals surface area contributed by atoms with Crippen LogP contribution >= 0.6 is 0 Å². The van der Waals surface area contributed by atoms with Crippen molar-refractivity contribution in [3.05, 3.63) is 48.6 Å². The number of benzene rings is 1. The monoisotopic (exact) mass is 270 g/mol. The molecule has 108 valence electrons. The maximum absolute atomic E-state index is 10.3. The third kappa shape index (κ3) is 2.98. The van der Waals surface area contributed by atoms with Gasteiger partial charge in [0, 0.05) is 5.56 Å². The van der Waals surface area contributed by atoms with E-state index < -0.39 is 0 Å². The highest BCUT2D eigenvalue weighted by Gasteiger charge is 2.35. The van der Waals surface area contributed by atoms with Gasteiger partial charge in [-0.3, -0.25) is 0 Å². The zero-order valence-electron chi connectivity index (χ0n) is 12.6. The lowest BCUT2D eigenvalue weighted by Crippen LogP contribution is -2.25. The Kier molecular flexibility index (Phi) is 5.05. The van der Waals surface area contributed by atoms with Crippen LogP contribution in [0.5, 0.6) is 5.75 Å². The summed E-state index contributed by atoms with van der Waals surface area (Å²) in [6.45, 7) is 6.14. The van der Waals surface area contributed by atoms with E-state index in [1.54, 1.807) is 6.07 Å². The van der Waals surface area contributed by atoms with Gasteiger partial charge in [0.1, 0.15) is 5.75 Å². The van der Waals surface area contributed by atoms with Crippen molar-refractivity contribution < 1.29 is 5.11 Å². The van der Waals surface area contributed by atoms with E-state index in [2.05, 4.69) is 31.7 Å². The predicted octanol–water partition coefficient (Wildman–Crippen LogP) is 5.71. The minimum atomic E-state index is 0.175. The molecule has 0 aliphatic heterocycles. The third-order valence-electron chi connectivity index (χ3n) is 4.52. The van der Waals surface area contributed by atoms with Gasteiger partial charge in [-0.2, -0.15) is 0 Å². The highest BCUT2D eigenvalue weighted by Crippen LogP contribution is 2.51. The summed E-state index contributed by atoms with van der Waals surface area (Å²) in [5.41, 5.74) is 2.52. The third-order valence-corrected chi connectivity index (χ3v) is 4.52. The molecular weight excluding hydrogens is 244 g/mol. The number of hydrogen-bond donors (Lipinski definition) is 1. The van der Waals surface area contributed by atoms with Crippen LogP contribution in [0, 0.1) is 5.41 Å². The highest BCUT2D eigenvalue weighted by atomic mass is 16.3. The fourth-order valence-corrected chi connectivity index (χ4v) is 3.61. The molecule has 1 aliphatic carbocycles. The molecule has 0 saturated heterocycles. The molecule has 20 heavy (non-hydrogen) atoms. The fraction of sp³-hybridized carbons (Fsp3) is 0.474. The molecule has 1 N–H and O–H groups in total. The van der Waals surface area contributed by atoms with Crippen LogP contribution in [-0.4, -0.2) is 5.11 Å². The quantitative estimate of drug-likeness (QED) is 0.679. The number of phenolic OH excluding ortho intramolecular Hbond substituents is 1. The van der Waals surface area contributed by atoms with E-state index >= 15 is 0 Å². The molecule has 1 heteroatoms. The molecular formula is C19H26O. The molecule has 0 bridgehead atoms. The second kappa shape index (κ2) is 6.78. The molecule has 1 saturated carbocycles. The van der Waals surface area contributed by atoms with Gasteiger partial charge in [0.2, 0.25) is 0 Å². The van der Waals surface area contributed by atoms with Crippen LogP contribution in [0.1, 0.15) is 57.4 Å². The molecule has 0 atom stereocenters. The zero-order chi connectivity index (χ0) is 14.4. The molecule has 1 aromatic rings. The number of rotatable bonds is 5. The Hall–Kier alpha value is -1.50. The van der Waals surface area contributed by atoms with E-state index in [0.29, 0.717) is 5.75 Å². The topological polar surface area (TPSA) is 20.2 Å². The van der Waals surface area contributed by atoms with Gasteiger partial charge in [-0.15, -0.1) is 6.58 Å². The number of aromatic hydroxyl groups is 1. The van der Waals surface area contributed by atoms with Crippen molar-refractivity contribution in [2.24, 2.45) is 5.41 Å². The van der Waals surface area contributed by atoms with Crippen LogP contribution in [0.15, 0.2) is 43.0 Å². The lowest BCUT2D eigenvalue weighted by Gasteiger charge is -2.39. The Balaban J connectivity index is 2.48. The summed E-state index contributed by atoms with van der Waals surface area (Å²) in [5.74, 6) is 0.404. The molecule has 0 aromatic heterocycles. The molecule has 0 radical (unpaired) electrons. The van der Waals surface area contributed by atoms with Crippen molar-refractivity contribution in [3.8, 4) is 5.75 Å². The van der Waals surface area contributed by atoms with Gasteiger partial charge in [-0.25, -0.2) is 0 Å². The van der Waals surface area contributed by atoms with Crippen molar-refractivity contribution in [3.63, 3.8) is 0 Å². The van der Waals surface area contributed by atoms with Crippen molar-refractivity contribution in [1.82, 2.24) is 0 Å². The molecule has 0 heterocycles. The summed E-state index contributed by atoms with van der Waals surface area (Å²) < 4.78 is 0. The number of hydrogen-bond acceptors (Lipinski definition) is 1.